The van der Waals surface area contributed by atoms with Gasteiger partial charge in [0.25, 0.3) is 0 Å². The molecule has 0 aliphatic rings. The Labute approximate surface area is 141 Å². The summed E-state index contributed by atoms with van der Waals surface area (Å²) in [4.78, 5) is 4.38. The van der Waals surface area contributed by atoms with Crippen LogP contribution in [0.4, 0.5) is 5.69 Å². The van der Waals surface area contributed by atoms with E-state index >= 15 is 0 Å². The van der Waals surface area contributed by atoms with Crippen LogP contribution in [0.15, 0.2) is 47.5 Å². The van der Waals surface area contributed by atoms with E-state index in [1.807, 2.05) is 24.3 Å². The van der Waals surface area contributed by atoms with Crippen LogP contribution in [0.3, 0.4) is 0 Å². The molecule has 0 saturated carbocycles. The number of ether oxygens (including phenoxy) is 1. The van der Waals surface area contributed by atoms with Gasteiger partial charge in [0.15, 0.2) is 0 Å². The van der Waals surface area contributed by atoms with Gasteiger partial charge in [-0.1, -0.05) is 37.0 Å². The molecule has 0 spiro atoms. The standard InChI is InChI=1S/C18H19Cl2NO/c1-13(2)7-8-22-18-5-3-14(4-6-18)12-21-17-10-15(19)9-16(20)11-17/h3-6,9-13H,7-8H2,1-2H3. The molecule has 0 N–H and O–H groups in total. The Balaban J connectivity index is 1.97. The minimum atomic E-state index is 0.577. The predicted octanol–water partition coefficient (Wildman–Crippen LogP) is 6.17. The second-order valence-corrected chi connectivity index (χ2v) is 6.36. The number of rotatable bonds is 6. The molecule has 0 bridgehead atoms. The fourth-order valence-corrected chi connectivity index (χ4v) is 2.34. The summed E-state index contributed by atoms with van der Waals surface area (Å²) in [5, 5.41) is 1.15. The van der Waals surface area contributed by atoms with Crippen LogP contribution in [0.1, 0.15) is 25.8 Å². The van der Waals surface area contributed by atoms with Gasteiger partial charge in [-0.3, -0.25) is 4.99 Å². The van der Waals surface area contributed by atoms with Crippen LogP contribution in [0.2, 0.25) is 10.0 Å². The summed E-state index contributed by atoms with van der Waals surface area (Å²) in [5.41, 5.74) is 1.72. The molecule has 0 amide bonds. The summed E-state index contributed by atoms with van der Waals surface area (Å²) < 4.78 is 5.69. The lowest BCUT2D eigenvalue weighted by Gasteiger charge is -2.07. The van der Waals surface area contributed by atoms with Gasteiger partial charge in [0.1, 0.15) is 5.75 Å². The Hall–Kier alpha value is -1.51. The minimum Gasteiger partial charge on any atom is -0.494 e. The highest BCUT2D eigenvalue weighted by Gasteiger charge is 1.98. The number of benzene rings is 2. The lowest BCUT2D eigenvalue weighted by molar-refractivity contribution is 0.289. The summed E-state index contributed by atoms with van der Waals surface area (Å²) in [6.07, 6.45) is 2.83. The summed E-state index contributed by atoms with van der Waals surface area (Å²) in [7, 11) is 0. The zero-order valence-electron chi connectivity index (χ0n) is 12.7. The first-order chi connectivity index (χ1) is 10.5. The number of aliphatic imine (C=N–C) groups is 1. The number of halogens is 2. The third-order valence-corrected chi connectivity index (χ3v) is 3.49. The molecule has 0 unspecified atom stereocenters. The maximum absolute atomic E-state index is 5.95. The van der Waals surface area contributed by atoms with Gasteiger partial charge >= 0.3 is 0 Å². The monoisotopic (exact) mass is 335 g/mol. The van der Waals surface area contributed by atoms with E-state index < -0.39 is 0 Å². The molecule has 2 aromatic carbocycles. The van der Waals surface area contributed by atoms with Crippen molar-refractivity contribution in [1.82, 2.24) is 0 Å². The predicted molar refractivity (Wildman–Crippen MR) is 95.1 cm³/mol. The van der Waals surface area contributed by atoms with E-state index in [1.54, 1.807) is 24.4 Å². The first kappa shape index (κ1) is 16.9. The maximum Gasteiger partial charge on any atom is 0.119 e. The van der Waals surface area contributed by atoms with E-state index in [0.29, 0.717) is 16.0 Å². The average Bonchev–Trinajstić information content (AvgIpc) is 2.45. The Morgan fingerprint density at radius 1 is 1.05 bits per heavy atom. The van der Waals surface area contributed by atoms with Gasteiger partial charge in [0.2, 0.25) is 0 Å². The van der Waals surface area contributed by atoms with Crippen molar-refractivity contribution in [2.45, 2.75) is 20.3 Å². The van der Waals surface area contributed by atoms with Gasteiger partial charge in [-0.15, -0.1) is 0 Å². The van der Waals surface area contributed by atoms with Crippen molar-refractivity contribution in [2.75, 3.05) is 6.61 Å². The molecule has 0 saturated heterocycles. The van der Waals surface area contributed by atoms with E-state index in [1.165, 1.54) is 0 Å². The van der Waals surface area contributed by atoms with Gasteiger partial charge in [-0.25, -0.2) is 0 Å². The van der Waals surface area contributed by atoms with Gasteiger partial charge in [0, 0.05) is 16.3 Å². The molecule has 0 radical (unpaired) electrons. The van der Waals surface area contributed by atoms with Gasteiger partial charge in [-0.05, 0) is 60.4 Å². The highest BCUT2D eigenvalue weighted by atomic mass is 35.5. The van der Waals surface area contributed by atoms with Crippen molar-refractivity contribution in [2.24, 2.45) is 10.9 Å². The van der Waals surface area contributed by atoms with Crippen LogP contribution in [0, 0.1) is 5.92 Å². The van der Waals surface area contributed by atoms with Crippen molar-refractivity contribution < 1.29 is 4.74 Å². The minimum absolute atomic E-state index is 0.577. The van der Waals surface area contributed by atoms with E-state index in [4.69, 9.17) is 27.9 Å². The molecule has 2 nitrogen and oxygen atoms in total. The molecule has 4 heteroatoms. The summed E-state index contributed by atoms with van der Waals surface area (Å²) in [5.74, 6) is 1.53. The number of nitrogens with zero attached hydrogens (tertiary/aromatic N) is 1. The Morgan fingerprint density at radius 2 is 1.68 bits per heavy atom. The Morgan fingerprint density at radius 3 is 2.27 bits per heavy atom. The lowest BCUT2D eigenvalue weighted by Crippen LogP contribution is -2.01. The van der Waals surface area contributed by atoms with Gasteiger partial charge < -0.3 is 4.74 Å². The van der Waals surface area contributed by atoms with Crippen LogP contribution in [0.5, 0.6) is 5.75 Å². The summed E-state index contributed by atoms with van der Waals surface area (Å²) >= 11 is 11.9. The van der Waals surface area contributed by atoms with Crippen molar-refractivity contribution in [1.29, 1.82) is 0 Å². The second-order valence-electron chi connectivity index (χ2n) is 5.49. The first-order valence-corrected chi connectivity index (χ1v) is 8.01. The SMILES string of the molecule is CC(C)CCOc1ccc(C=Nc2cc(Cl)cc(Cl)c2)cc1. The molecule has 0 aliphatic carbocycles. The molecule has 22 heavy (non-hydrogen) atoms. The largest absolute Gasteiger partial charge is 0.494 e. The summed E-state index contributed by atoms with van der Waals surface area (Å²) in [6.45, 7) is 5.11. The number of hydrogen-bond donors (Lipinski definition) is 0. The van der Waals surface area contributed by atoms with Crippen molar-refractivity contribution in [3.8, 4) is 5.75 Å². The first-order valence-electron chi connectivity index (χ1n) is 7.26. The molecule has 116 valence electrons. The maximum atomic E-state index is 5.95. The normalized spacial score (nSPS) is 11.3. The van der Waals surface area contributed by atoms with Gasteiger partial charge in [0.05, 0.1) is 12.3 Å². The molecule has 0 atom stereocenters. The van der Waals surface area contributed by atoms with E-state index in [-0.39, 0.29) is 0 Å². The molecule has 2 aromatic rings. The van der Waals surface area contributed by atoms with E-state index in [0.717, 1.165) is 30.0 Å². The topological polar surface area (TPSA) is 21.6 Å². The smallest absolute Gasteiger partial charge is 0.119 e. The van der Waals surface area contributed by atoms with E-state index in [9.17, 15) is 0 Å². The third kappa shape index (κ3) is 5.70. The average molecular weight is 336 g/mol. The Bertz CT molecular complexity index is 616. The van der Waals surface area contributed by atoms with Gasteiger partial charge in [-0.2, -0.15) is 0 Å². The highest BCUT2D eigenvalue weighted by molar-refractivity contribution is 6.35. The zero-order valence-corrected chi connectivity index (χ0v) is 14.2. The van der Waals surface area contributed by atoms with Crippen LogP contribution in [-0.4, -0.2) is 12.8 Å². The van der Waals surface area contributed by atoms with Crippen LogP contribution < -0.4 is 4.74 Å². The van der Waals surface area contributed by atoms with Crippen LogP contribution >= 0.6 is 23.2 Å². The quantitative estimate of drug-likeness (QED) is 0.578. The second kappa shape index (κ2) is 8.21. The molecule has 0 fully saturated rings. The van der Waals surface area contributed by atoms with Crippen LogP contribution in [0.25, 0.3) is 0 Å². The molecular formula is C18H19Cl2NO. The van der Waals surface area contributed by atoms with Crippen molar-refractivity contribution >= 4 is 35.1 Å². The molecule has 0 heterocycles. The molecule has 0 aromatic heterocycles. The fourth-order valence-electron chi connectivity index (χ4n) is 1.83. The Kier molecular flexibility index (Phi) is 6.29. The number of hydrogen-bond acceptors (Lipinski definition) is 2. The fraction of sp³-hybridized carbons (Fsp3) is 0.278. The molecular weight excluding hydrogens is 317 g/mol. The van der Waals surface area contributed by atoms with Crippen molar-refractivity contribution in [3.05, 3.63) is 58.1 Å². The lowest BCUT2D eigenvalue weighted by atomic mass is 10.1. The summed E-state index contributed by atoms with van der Waals surface area (Å²) in [6, 6.07) is 13.1. The zero-order chi connectivity index (χ0) is 15.9. The van der Waals surface area contributed by atoms with Crippen LogP contribution in [-0.2, 0) is 0 Å². The third-order valence-electron chi connectivity index (χ3n) is 3.05. The van der Waals surface area contributed by atoms with E-state index in [2.05, 4.69) is 18.8 Å². The van der Waals surface area contributed by atoms with Crippen molar-refractivity contribution in [3.63, 3.8) is 0 Å². The molecule has 2 rings (SSSR count). The highest BCUT2D eigenvalue weighted by Crippen LogP contribution is 2.24. The molecule has 0 aliphatic heterocycles.